The van der Waals surface area contributed by atoms with E-state index in [1.165, 1.54) is 24.5 Å². The maximum absolute atomic E-state index is 15.5. The molecule has 1 aliphatic heterocycles. The summed E-state index contributed by atoms with van der Waals surface area (Å²) < 4.78 is 41.3. The zero-order valence-electron chi connectivity index (χ0n) is 15.8. The number of hydrogen-bond donors (Lipinski definition) is 1. The van der Waals surface area contributed by atoms with Gasteiger partial charge in [0.2, 0.25) is 14.8 Å². The molecule has 28 heavy (non-hydrogen) atoms. The fraction of sp³-hybridized carbons (Fsp3) is 0.421. The van der Waals surface area contributed by atoms with Crippen LogP contribution in [0.1, 0.15) is 25.3 Å². The van der Waals surface area contributed by atoms with Gasteiger partial charge < -0.3 is 10.2 Å². The lowest BCUT2D eigenvalue weighted by atomic mass is 9.92. The molecule has 1 atom stereocenters. The lowest BCUT2D eigenvalue weighted by Gasteiger charge is -2.37. The Morgan fingerprint density at radius 3 is 2.57 bits per heavy atom. The molecule has 2 aromatic rings. The molecule has 0 saturated carbocycles. The first-order valence-corrected chi connectivity index (χ1v) is 10.5. The molecule has 1 aromatic carbocycles. The molecule has 0 radical (unpaired) electrons. The molecule has 2 amide bonds. The highest BCUT2D eigenvalue weighted by Gasteiger charge is 2.48. The number of sulfone groups is 1. The summed E-state index contributed by atoms with van der Waals surface area (Å²) in [6.45, 7) is 3.45. The van der Waals surface area contributed by atoms with Crippen molar-refractivity contribution in [1.82, 2.24) is 15.1 Å². The fourth-order valence-electron chi connectivity index (χ4n) is 3.40. The summed E-state index contributed by atoms with van der Waals surface area (Å²) in [5.41, 5.74) is 1.27. The first kappa shape index (κ1) is 20.2. The zero-order valence-corrected chi connectivity index (χ0v) is 16.6. The summed E-state index contributed by atoms with van der Waals surface area (Å²) >= 11 is 0. The van der Waals surface area contributed by atoms with Crippen molar-refractivity contribution in [2.24, 2.45) is 5.92 Å². The summed E-state index contributed by atoms with van der Waals surface area (Å²) in [6, 6.07) is 7.58. The number of hydrogen-bond acceptors (Lipinski definition) is 5. The van der Waals surface area contributed by atoms with Gasteiger partial charge in [0.15, 0.2) is 0 Å². The van der Waals surface area contributed by atoms with Gasteiger partial charge in [-0.05, 0) is 50.5 Å². The van der Waals surface area contributed by atoms with Crippen LogP contribution in [0.15, 0.2) is 47.6 Å². The number of rotatable bonds is 4. The number of carbonyl (C=O) groups is 1. The minimum absolute atomic E-state index is 0.0112. The Hall–Kier alpha value is -2.55. The molecule has 3 rings (SSSR count). The Kier molecular flexibility index (Phi) is 5.64. The van der Waals surface area contributed by atoms with E-state index < -0.39 is 20.8 Å². The van der Waals surface area contributed by atoms with Gasteiger partial charge >= 0.3 is 6.03 Å². The van der Waals surface area contributed by atoms with Gasteiger partial charge in [-0.15, -0.1) is 0 Å². The summed E-state index contributed by atoms with van der Waals surface area (Å²) in [5.74, 6) is -0.690. The highest BCUT2D eigenvalue weighted by atomic mass is 32.2. The number of alkyl halides is 1. The highest BCUT2D eigenvalue weighted by molar-refractivity contribution is 7.92. The predicted octanol–water partition coefficient (Wildman–Crippen LogP) is 3.19. The Balaban J connectivity index is 1.67. The van der Waals surface area contributed by atoms with Crippen molar-refractivity contribution in [1.29, 1.82) is 0 Å². The topological polar surface area (TPSA) is 92.3 Å². The van der Waals surface area contributed by atoms with Gasteiger partial charge in [0.05, 0.1) is 23.0 Å². The summed E-state index contributed by atoms with van der Waals surface area (Å²) in [7, 11) is -4.15. The molecule has 1 aromatic heterocycles. The summed E-state index contributed by atoms with van der Waals surface area (Å²) in [6.07, 6.45) is 3.42. The van der Waals surface area contributed by atoms with Crippen LogP contribution < -0.4 is 5.32 Å². The van der Waals surface area contributed by atoms with Gasteiger partial charge in [0.1, 0.15) is 0 Å². The lowest BCUT2D eigenvalue weighted by molar-refractivity contribution is 0.117. The van der Waals surface area contributed by atoms with Crippen LogP contribution in [0, 0.1) is 12.8 Å². The normalized spacial score (nSPS) is 17.8. The van der Waals surface area contributed by atoms with Gasteiger partial charge in [-0.2, -0.15) is 10.2 Å². The van der Waals surface area contributed by atoms with E-state index in [1.807, 2.05) is 0 Å². The first-order chi connectivity index (χ1) is 13.2. The van der Waals surface area contributed by atoms with Crippen LogP contribution in [0.2, 0.25) is 0 Å². The van der Waals surface area contributed by atoms with Crippen molar-refractivity contribution in [2.45, 2.75) is 36.6 Å². The molecule has 1 fully saturated rings. The van der Waals surface area contributed by atoms with E-state index in [-0.39, 0.29) is 36.9 Å². The van der Waals surface area contributed by atoms with E-state index in [9.17, 15) is 13.2 Å². The van der Waals surface area contributed by atoms with E-state index >= 15 is 4.39 Å². The number of carbonyl (C=O) groups excluding carboxylic acids is 1. The van der Waals surface area contributed by atoms with Crippen molar-refractivity contribution in [3.63, 3.8) is 0 Å². The van der Waals surface area contributed by atoms with Crippen molar-refractivity contribution in [3.8, 4) is 0 Å². The Bertz CT molecular complexity index is 943. The SMILES string of the molecule is Cc1cccc(S(=O)(=O)[C@](C)(F)C2CCN(C(=O)Nc3ccnnc3)CC2)c1. The van der Waals surface area contributed by atoms with E-state index in [2.05, 4.69) is 15.5 Å². The van der Waals surface area contributed by atoms with Crippen molar-refractivity contribution >= 4 is 21.6 Å². The second kappa shape index (κ2) is 7.83. The largest absolute Gasteiger partial charge is 0.325 e. The van der Waals surface area contributed by atoms with Crippen LogP contribution >= 0.6 is 0 Å². The van der Waals surface area contributed by atoms with Crippen molar-refractivity contribution in [3.05, 3.63) is 48.3 Å². The monoisotopic (exact) mass is 406 g/mol. The Labute approximate surface area is 163 Å². The lowest BCUT2D eigenvalue weighted by Crippen LogP contribution is -2.48. The number of piperidine rings is 1. The van der Waals surface area contributed by atoms with Crippen LogP contribution in [0.3, 0.4) is 0 Å². The molecular weight excluding hydrogens is 383 g/mol. The number of aryl methyl sites for hydroxylation is 1. The highest BCUT2D eigenvalue weighted by Crippen LogP contribution is 2.39. The molecule has 0 spiro atoms. The molecule has 0 aliphatic carbocycles. The third-order valence-electron chi connectivity index (χ3n) is 5.17. The number of halogens is 1. The maximum atomic E-state index is 15.5. The third kappa shape index (κ3) is 3.99. The number of nitrogens with one attached hydrogen (secondary N) is 1. The average Bonchev–Trinajstić information content (AvgIpc) is 2.68. The summed E-state index contributed by atoms with van der Waals surface area (Å²) in [5, 5.41) is 7.63. The van der Waals surface area contributed by atoms with Gasteiger partial charge in [0, 0.05) is 19.0 Å². The number of aromatic nitrogens is 2. The van der Waals surface area contributed by atoms with Gasteiger partial charge in [-0.25, -0.2) is 17.6 Å². The fourth-order valence-corrected chi connectivity index (χ4v) is 5.13. The van der Waals surface area contributed by atoms with Crippen molar-refractivity contribution < 1.29 is 17.6 Å². The zero-order chi connectivity index (χ0) is 20.4. The average molecular weight is 406 g/mol. The molecule has 9 heteroatoms. The molecule has 0 bridgehead atoms. The quantitative estimate of drug-likeness (QED) is 0.842. The van der Waals surface area contributed by atoms with Crippen LogP contribution in [0.25, 0.3) is 0 Å². The molecule has 150 valence electrons. The van der Waals surface area contributed by atoms with Crippen LogP contribution in [0.5, 0.6) is 0 Å². The number of likely N-dealkylation sites (tertiary alicyclic amines) is 1. The molecule has 1 N–H and O–H groups in total. The smallest absolute Gasteiger partial charge is 0.321 e. The summed E-state index contributed by atoms with van der Waals surface area (Å²) in [4.78, 5) is 13.9. The molecule has 1 saturated heterocycles. The standard InChI is InChI=1S/C19H23FN4O3S/c1-14-4-3-5-17(12-14)28(26,27)19(2,20)15-7-10-24(11-8-15)18(25)23-16-6-9-21-22-13-16/h3-6,9,12-13,15H,7-8,10-11H2,1-2H3,(H,21,23,25)/t19-/m0/s1. The molecule has 7 nitrogen and oxygen atoms in total. The first-order valence-electron chi connectivity index (χ1n) is 9.04. The number of urea groups is 1. The molecule has 0 unspecified atom stereocenters. The van der Waals surface area contributed by atoms with Crippen LogP contribution in [-0.4, -0.2) is 47.6 Å². The molecule has 2 heterocycles. The number of benzene rings is 1. The van der Waals surface area contributed by atoms with Gasteiger partial charge in [-0.1, -0.05) is 12.1 Å². The van der Waals surface area contributed by atoms with Crippen molar-refractivity contribution in [2.75, 3.05) is 18.4 Å². The van der Waals surface area contributed by atoms with Gasteiger partial charge in [-0.3, -0.25) is 0 Å². The molecule has 1 aliphatic rings. The number of nitrogens with zero attached hydrogens (tertiary/aromatic N) is 3. The van der Waals surface area contributed by atoms with Gasteiger partial charge in [0.25, 0.3) is 0 Å². The predicted molar refractivity (Wildman–Crippen MR) is 103 cm³/mol. The van der Waals surface area contributed by atoms with Crippen LogP contribution in [0.4, 0.5) is 14.9 Å². The van der Waals surface area contributed by atoms with E-state index in [0.717, 1.165) is 12.5 Å². The number of amides is 2. The van der Waals surface area contributed by atoms with E-state index in [0.29, 0.717) is 5.69 Å². The third-order valence-corrected chi connectivity index (χ3v) is 7.43. The van der Waals surface area contributed by atoms with E-state index in [4.69, 9.17) is 0 Å². The minimum Gasteiger partial charge on any atom is -0.325 e. The Morgan fingerprint density at radius 1 is 1.25 bits per heavy atom. The van der Waals surface area contributed by atoms with Crippen LogP contribution in [-0.2, 0) is 9.84 Å². The molecular formula is C19H23FN4O3S. The second-order valence-electron chi connectivity index (χ2n) is 7.13. The van der Waals surface area contributed by atoms with E-state index in [1.54, 1.807) is 30.0 Å². The minimum atomic E-state index is -4.15. The maximum Gasteiger partial charge on any atom is 0.321 e. The Morgan fingerprint density at radius 2 is 1.96 bits per heavy atom. The second-order valence-corrected chi connectivity index (χ2v) is 9.40. The number of anilines is 1.